The van der Waals surface area contributed by atoms with E-state index in [4.69, 9.17) is 19.2 Å². The van der Waals surface area contributed by atoms with Crippen LogP contribution < -0.4 is 9.47 Å². The molecule has 51 heavy (non-hydrogen) atoms. The number of nitro benzene ring substituents is 1. The first-order valence-corrected chi connectivity index (χ1v) is 16.6. The van der Waals surface area contributed by atoms with Crippen LogP contribution in [0, 0.1) is 27.3 Å². The van der Waals surface area contributed by atoms with Gasteiger partial charge in [0.05, 0.1) is 32.7 Å². The predicted octanol–water partition coefficient (Wildman–Crippen LogP) is 8.86. The zero-order valence-corrected chi connectivity index (χ0v) is 28.2. The smallest absolute Gasteiger partial charge is 0.339 e. The Kier molecular flexibility index (Phi) is 7.78. The van der Waals surface area contributed by atoms with Crippen molar-refractivity contribution in [2.24, 2.45) is 11.3 Å². The van der Waals surface area contributed by atoms with E-state index in [9.17, 15) is 19.3 Å². The number of carbonyl (C=O) groups is 1. The third kappa shape index (κ3) is 5.94. The molecular formula is C40H33FN4O6. The maximum absolute atomic E-state index is 14.4. The lowest BCUT2D eigenvalue weighted by Gasteiger charge is -2.36. The van der Waals surface area contributed by atoms with Gasteiger partial charge in [-0.3, -0.25) is 14.7 Å². The van der Waals surface area contributed by atoms with Gasteiger partial charge < -0.3 is 14.2 Å². The summed E-state index contributed by atoms with van der Waals surface area (Å²) in [5, 5.41) is 12.2. The molecule has 2 aromatic heterocycles. The fourth-order valence-electron chi connectivity index (χ4n) is 6.98. The van der Waals surface area contributed by atoms with Crippen molar-refractivity contribution < 1.29 is 28.3 Å². The van der Waals surface area contributed by atoms with E-state index in [0.29, 0.717) is 56.9 Å². The number of imidazole rings is 1. The van der Waals surface area contributed by atoms with E-state index < -0.39 is 16.7 Å². The Morgan fingerprint density at radius 3 is 2.55 bits per heavy atom. The number of ether oxygens (including phenoxy) is 3. The summed E-state index contributed by atoms with van der Waals surface area (Å²) >= 11 is 0. The average Bonchev–Trinajstić information content (AvgIpc) is 3.73. The van der Waals surface area contributed by atoms with Crippen molar-refractivity contribution >= 4 is 45.2 Å². The van der Waals surface area contributed by atoms with Crippen LogP contribution in [0.2, 0.25) is 0 Å². The van der Waals surface area contributed by atoms with E-state index in [0.717, 1.165) is 28.8 Å². The molecule has 1 aliphatic carbocycles. The summed E-state index contributed by atoms with van der Waals surface area (Å²) in [6.45, 7) is 6.56. The van der Waals surface area contributed by atoms with Crippen LogP contribution >= 0.6 is 0 Å². The molecule has 256 valence electrons. The van der Waals surface area contributed by atoms with Gasteiger partial charge in [0.25, 0.3) is 5.69 Å². The largest absolute Gasteiger partial charge is 0.454 e. The Hall–Kier alpha value is -6.10. The number of pyridine rings is 1. The minimum Gasteiger partial charge on any atom is -0.454 e. The Morgan fingerprint density at radius 2 is 1.76 bits per heavy atom. The van der Waals surface area contributed by atoms with Gasteiger partial charge in [0.15, 0.2) is 17.3 Å². The normalized spacial score (nSPS) is 16.1. The summed E-state index contributed by atoms with van der Waals surface area (Å²) in [6.07, 6.45) is 3.50. The van der Waals surface area contributed by atoms with E-state index >= 15 is 0 Å². The highest BCUT2D eigenvalue weighted by Crippen LogP contribution is 2.45. The van der Waals surface area contributed by atoms with E-state index in [1.165, 1.54) is 24.3 Å². The van der Waals surface area contributed by atoms with Crippen molar-refractivity contribution in [1.82, 2.24) is 14.5 Å². The third-order valence-corrected chi connectivity index (χ3v) is 9.72. The first-order chi connectivity index (χ1) is 24.5. The lowest BCUT2D eigenvalue weighted by Crippen LogP contribution is -2.28. The standard InChI is InChI=1S/C40H33FN4O6/c1-40(2,3)25-18-24(16-23-8-15-34-35(17-23)51-22-50-34)38-30(19-25)37(29-6-4-5-7-31(29)43-38)39(46)49-21-36-42-32-20-28(45(47)48)13-14-33(32)44(36)27-11-9-26(41)10-12-27/h4-17,20,25H,18-19,21-22H2,1-3H3/b24-16-. The minimum atomic E-state index is -0.537. The van der Waals surface area contributed by atoms with Crippen molar-refractivity contribution in [3.05, 3.63) is 129 Å². The maximum Gasteiger partial charge on any atom is 0.339 e. The number of hydrogen-bond donors (Lipinski definition) is 0. The molecule has 0 bridgehead atoms. The Balaban J connectivity index is 1.23. The van der Waals surface area contributed by atoms with E-state index in [2.05, 4.69) is 31.8 Å². The fraction of sp³-hybridized carbons (Fsp3) is 0.225. The molecule has 1 unspecified atom stereocenters. The van der Waals surface area contributed by atoms with Gasteiger partial charge in [-0.25, -0.2) is 19.2 Å². The number of esters is 1. The molecule has 0 saturated heterocycles. The molecule has 10 nitrogen and oxygen atoms in total. The highest BCUT2D eigenvalue weighted by atomic mass is 19.1. The fourth-order valence-corrected chi connectivity index (χ4v) is 6.98. The van der Waals surface area contributed by atoms with Crippen LogP contribution in [0.5, 0.6) is 11.5 Å². The van der Waals surface area contributed by atoms with Gasteiger partial charge in [-0.05, 0) is 95.5 Å². The molecule has 0 fully saturated rings. The molecular weight excluding hydrogens is 651 g/mol. The molecule has 0 amide bonds. The molecule has 2 aliphatic rings. The molecule has 4 aromatic carbocycles. The lowest BCUT2D eigenvalue weighted by atomic mass is 9.69. The van der Waals surface area contributed by atoms with Crippen LogP contribution in [-0.2, 0) is 17.8 Å². The lowest BCUT2D eigenvalue weighted by molar-refractivity contribution is -0.384. The number of aromatic nitrogens is 3. The summed E-state index contributed by atoms with van der Waals surface area (Å²) in [4.78, 5) is 35.2. The molecule has 6 aromatic rings. The van der Waals surface area contributed by atoms with Crippen LogP contribution in [0.4, 0.5) is 10.1 Å². The Bertz CT molecular complexity index is 2410. The number of halogens is 1. The summed E-state index contributed by atoms with van der Waals surface area (Å²) in [5.74, 6) is 0.956. The summed E-state index contributed by atoms with van der Waals surface area (Å²) in [6, 6.07) is 23.5. The number of rotatable bonds is 6. The van der Waals surface area contributed by atoms with Gasteiger partial charge >= 0.3 is 5.97 Å². The van der Waals surface area contributed by atoms with Crippen LogP contribution in [-0.4, -0.2) is 32.2 Å². The molecule has 1 aliphatic heterocycles. The second kappa shape index (κ2) is 12.3. The summed E-state index contributed by atoms with van der Waals surface area (Å²) in [7, 11) is 0. The molecule has 0 saturated carbocycles. The Morgan fingerprint density at radius 1 is 0.980 bits per heavy atom. The number of carbonyl (C=O) groups excluding carboxylic acids is 1. The minimum absolute atomic E-state index is 0.0822. The third-order valence-electron chi connectivity index (χ3n) is 9.72. The van der Waals surface area contributed by atoms with Crippen molar-refractivity contribution in [2.45, 2.75) is 40.2 Å². The molecule has 8 rings (SSSR count). The first-order valence-electron chi connectivity index (χ1n) is 16.6. The molecule has 0 N–H and O–H groups in total. The Labute approximate surface area is 292 Å². The molecule has 1 atom stereocenters. The van der Waals surface area contributed by atoms with Gasteiger partial charge in [-0.1, -0.05) is 45.0 Å². The molecule has 3 heterocycles. The zero-order chi connectivity index (χ0) is 35.4. The van der Waals surface area contributed by atoms with Crippen molar-refractivity contribution in [1.29, 1.82) is 0 Å². The number of nitrogens with zero attached hydrogens (tertiary/aromatic N) is 4. The average molecular weight is 685 g/mol. The monoisotopic (exact) mass is 684 g/mol. The molecule has 0 spiro atoms. The second-order valence-corrected chi connectivity index (χ2v) is 13.9. The van der Waals surface area contributed by atoms with Gasteiger partial charge in [-0.15, -0.1) is 0 Å². The topological polar surface area (TPSA) is 119 Å². The van der Waals surface area contributed by atoms with Gasteiger partial charge in [0.2, 0.25) is 6.79 Å². The van der Waals surface area contributed by atoms with E-state index in [1.54, 1.807) is 22.8 Å². The van der Waals surface area contributed by atoms with Crippen LogP contribution in [0.15, 0.2) is 84.9 Å². The molecule has 0 radical (unpaired) electrons. The van der Waals surface area contributed by atoms with Crippen molar-refractivity contribution in [3.8, 4) is 17.2 Å². The summed E-state index contributed by atoms with van der Waals surface area (Å²) < 4.78 is 32.9. The van der Waals surface area contributed by atoms with Gasteiger partial charge in [0, 0.05) is 23.2 Å². The number of benzene rings is 4. The molecule has 11 heteroatoms. The number of hydrogen-bond acceptors (Lipinski definition) is 8. The van der Waals surface area contributed by atoms with Gasteiger partial charge in [-0.2, -0.15) is 0 Å². The van der Waals surface area contributed by atoms with Gasteiger partial charge in [0.1, 0.15) is 12.4 Å². The van der Waals surface area contributed by atoms with Crippen molar-refractivity contribution in [3.63, 3.8) is 0 Å². The van der Waals surface area contributed by atoms with Crippen LogP contribution in [0.25, 0.3) is 39.3 Å². The van der Waals surface area contributed by atoms with Crippen LogP contribution in [0.3, 0.4) is 0 Å². The van der Waals surface area contributed by atoms with E-state index in [-0.39, 0.29) is 30.4 Å². The zero-order valence-electron chi connectivity index (χ0n) is 28.2. The second-order valence-electron chi connectivity index (χ2n) is 13.9. The highest BCUT2D eigenvalue weighted by molar-refractivity contribution is 6.06. The maximum atomic E-state index is 14.4. The summed E-state index contributed by atoms with van der Waals surface area (Å²) in [5.41, 5.74) is 5.89. The number of para-hydroxylation sites is 1. The number of allylic oxidation sites excluding steroid dienone is 1. The van der Waals surface area contributed by atoms with E-state index in [1.807, 2.05) is 42.5 Å². The van der Waals surface area contributed by atoms with Crippen molar-refractivity contribution in [2.75, 3.05) is 6.79 Å². The first kappa shape index (κ1) is 32.1. The SMILES string of the molecule is CC(C)(C)C1C/C(=C/c2ccc3c(c2)OCO3)c2nc3ccccc3c(C(=O)OCc3nc4cc([N+](=O)[O-])ccc4n3-c3ccc(F)cc3)c2C1. The predicted molar refractivity (Wildman–Crippen MR) is 190 cm³/mol. The van der Waals surface area contributed by atoms with Crippen LogP contribution in [0.1, 0.15) is 60.2 Å². The highest BCUT2D eigenvalue weighted by Gasteiger charge is 2.36. The number of fused-ring (bicyclic) bond motifs is 4. The quantitative estimate of drug-likeness (QED) is 0.0970. The number of non-ortho nitro benzene ring substituents is 1. The number of nitro groups is 1.